The van der Waals surface area contributed by atoms with Gasteiger partial charge in [0.25, 0.3) is 5.91 Å². The molecule has 0 bridgehead atoms. The Morgan fingerprint density at radius 1 is 1.26 bits per heavy atom. The zero-order chi connectivity index (χ0) is 24.8. The van der Waals surface area contributed by atoms with E-state index in [1.807, 2.05) is 24.2 Å². The molecule has 2 fully saturated rings. The number of rotatable bonds is 7. The minimum Gasteiger partial charge on any atom is -0.382 e. The summed E-state index contributed by atoms with van der Waals surface area (Å²) in [7, 11) is 1.91. The third kappa shape index (κ3) is 6.10. The van der Waals surface area contributed by atoms with Gasteiger partial charge in [-0.2, -0.15) is 0 Å². The molecule has 2 saturated heterocycles. The molecule has 0 saturated carbocycles. The fourth-order valence-corrected chi connectivity index (χ4v) is 3.98. The molecule has 12 nitrogen and oxygen atoms in total. The molecular formula is C23H32N10O2. The summed E-state index contributed by atoms with van der Waals surface area (Å²) in [5, 5.41) is 15.2. The Labute approximate surface area is 204 Å². The molecule has 6 N–H and O–H groups in total. The second-order valence-electron chi connectivity index (χ2n) is 8.51. The quantitative estimate of drug-likeness (QED) is 0.415. The monoisotopic (exact) mass is 480 g/mol. The fourth-order valence-electron chi connectivity index (χ4n) is 3.98. The van der Waals surface area contributed by atoms with E-state index in [9.17, 15) is 4.79 Å². The summed E-state index contributed by atoms with van der Waals surface area (Å²) in [6, 6.07) is 3.93. The number of nitrogens with zero attached hydrogens (tertiary/aromatic N) is 6. The van der Waals surface area contributed by atoms with Crippen LogP contribution < -0.4 is 21.7 Å². The molecule has 35 heavy (non-hydrogen) atoms. The van der Waals surface area contributed by atoms with Gasteiger partial charge in [0, 0.05) is 51.7 Å². The molecule has 2 aliphatic rings. The molecule has 4 rings (SSSR count). The van der Waals surface area contributed by atoms with Crippen molar-refractivity contribution in [3.05, 3.63) is 48.2 Å². The lowest BCUT2D eigenvalue weighted by Gasteiger charge is -2.33. The van der Waals surface area contributed by atoms with Crippen LogP contribution in [0.1, 0.15) is 29.0 Å². The van der Waals surface area contributed by atoms with Gasteiger partial charge >= 0.3 is 0 Å². The van der Waals surface area contributed by atoms with Crippen LogP contribution in [-0.4, -0.2) is 89.1 Å². The first-order valence-corrected chi connectivity index (χ1v) is 11.6. The number of morpholine rings is 1. The first-order valence-electron chi connectivity index (χ1n) is 11.6. The topological polar surface area (TPSA) is 163 Å². The zero-order valence-corrected chi connectivity index (χ0v) is 19.9. The number of ether oxygens (including phenoxy) is 1. The van der Waals surface area contributed by atoms with Crippen LogP contribution in [-0.2, 0) is 4.74 Å². The molecule has 0 radical (unpaired) electrons. The van der Waals surface area contributed by atoms with E-state index in [0.29, 0.717) is 19.0 Å². The van der Waals surface area contributed by atoms with Gasteiger partial charge in [0.05, 0.1) is 30.8 Å². The number of carbonyl (C=O) groups excluding carboxylic acids is 1. The van der Waals surface area contributed by atoms with Crippen molar-refractivity contribution in [2.45, 2.75) is 18.9 Å². The summed E-state index contributed by atoms with van der Waals surface area (Å²) in [6.07, 6.45) is 8.13. The number of hydrogen-bond acceptors (Lipinski definition) is 11. The number of piperidine rings is 1. The molecule has 2 aliphatic heterocycles. The van der Waals surface area contributed by atoms with Gasteiger partial charge in [-0.15, -0.1) is 0 Å². The highest BCUT2D eigenvalue weighted by Crippen LogP contribution is 2.26. The van der Waals surface area contributed by atoms with Crippen LogP contribution in [0.25, 0.3) is 0 Å². The zero-order valence-electron chi connectivity index (χ0n) is 19.9. The maximum absolute atomic E-state index is 13.1. The second kappa shape index (κ2) is 11.2. The molecule has 2 aromatic rings. The Hall–Kier alpha value is -3.61. The lowest BCUT2D eigenvalue weighted by atomic mass is 10.1. The minimum absolute atomic E-state index is 0.0186. The van der Waals surface area contributed by atoms with E-state index in [1.165, 1.54) is 6.20 Å². The van der Waals surface area contributed by atoms with E-state index in [2.05, 4.69) is 30.2 Å². The van der Waals surface area contributed by atoms with E-state index in [1.54, 1.807) is 18.5 Å². The third-order valence-corrected chi connectivity index (χ3v) is 6.08. The number of amides is 1. The number of nitrogens with two attached hydrogens (primary N) is 2. The Bertz CT molecular complexity index is 1080. The van der Waals surface area contributed by atoms with Crippen LogP contribution in [0.15, 0.2) is 36.8 Å². The highest BCUT2D eigenvalue weighted by molar-refractivity contribution is 6.09. The van der Waals surface area contributed by atoms with Crippen molar-refractivity contribution < 1.29 is 9.53 Å². The van der Waals surface area contributed by atoms with E-state index in [4.69, 9.17) is 21.6 Å². The average molecular weight is 481 g/mol. The molecule has 4 heterocycles. The molecule has 186 valence electrons. The van der Waals surface area contributed by atoms with Gasteiger partial charge in [0.15, 0.2) is 17.3 Å². The summed E-state index contributed by atoms with van der Waals surface area (Å²) in [4.78, 5) is 28.0. The van der Waals surface area contributed by atoms with Crippen LogP contribution in [0, 0.1) is 5.41 Å². The van der Waals surface area contributed by atoms with Gasteiger partial charge in [-0.05, 0) is 31.1 Å². The minimum atomic E-state index is -0.535. The van der Waals surface area contributed by atoms with Crippen LogP contribution >= 0.6 is 0 Å². The van der Waals surface area contributed by atoms with E-state index in [0.717, 1.165) is 44.7 Å². The highest BCUT2D eigenvalue weighted by Gasteiger charge is 2.22. The molecule has 12 heteroatoms. The molecule has 0 aliphatic carbocycles. The maximum atomic E-state index is 13.1. The molecule has 0 aromatic carbocycles. The van der Waals surface area contributed by atoms with Crippen molar-refractivity contribution in [1.82, 2.24) is 25.0 Å². The van der Waals surface area contributed by atoms with Gasteiger partial charge in [0.1, 0.15) is 5.69 Å². The lowest BCUT2D eigenvalue weighted by Crippen LogP contribution is -2.44. The SMILES string of the molecule is CN(/C=C\C(=N)c1cnc(N)c(C(=O)Nc2ncccc2N2CCC(N)CC2)n1)N1CCOCC1. The third-order valence-electron chi connectivity index (χ3n) is 6.08. The summed E-state index contributed by atoms with van der Waals surface area (Å²) >= 11 is 0. The van der Waals surface area contributed by atoms with Gasteiger partial charge in [-0.25, -0.2) is 20.0 Å². The Kier molecular flexibility index (Phi) is 7.85. The molecule has 1 amide bonds. The predicted octanol–water partition coefficient (Wildman–Crippen LogP) is 0.694. The van der Waals surface area contributed by atoms with Crippen molar-refractivity contribution in [2.75, 3.05) is 62.4 Å². The van der Waals surface area contributed by atoms with Crippen molar-refractivity contribution in [3.63, 3.8) is 0 Å². The van der Waals surface area contributed by atoms with Gasteiger partial charge in [-0.3, -0.25) is 10.2 Å². The number of nitrogens with one attached hydrogen (secondary N) is 2. The summed E-state index contributed by atoms with van der Waals surface area (Å²) in [6.45, 7) is 4.46. The summed E-state index contributed by atoms with van der Waals surface area (Å²) in [5.41, 5.74) is 13.1. The number of nitrogen functional groups attached to an aromatic ring is 1. The van der Waals surface area contributed by atoms with Gasteiger partial charge in [-0.1, -0.05) is 0 Å². The van der Waals surface area contributed by atoms with E-state index in [-0.39, 0.29) is 29.0 Å². The molecular weight excluding hydrogens is 448 g/mol. The van der Waals surface area contributed by atoms with Crippen molar-refractivity contribution >= 4 is 28.9 Å². The normalized spacial score (nSPS) is 17.5. The van der Waals surface area contributed by atoms with Crippen LogP contribution in [0.2, 0.25) is 0 Å². The van der Waals surface area contributed by atoms with Gasteiger partial charge in [0.2, 0.25) is 0 Å². The smallest absolute Gasteiger partial charge is 0.279 e. The van der Waals surface area contributed by atoms with Crippen molar-refractivity contribution in [1.29, 1.82) is 5.41 Å². The van der Waals surface area contributed by atoms with E-state index >= 15 is 0 Å². The van der Waals surface area contributed by atoms with E-state index < -0.39 is 5.91 Å². The first kappa shape index (κ1) is 24.5. The largest absolute Gasteiger partial charge is 0.382 e. The number of carbonyl (C=O) groups is 1. The van der Waals surface area contributed by atoms with Gasteiger partial charge < -0.3 is 31.4 Å². The molecule has 0 spiro atoms. The number of anilines is 3. The molecule has 0 unspecified atom stereocenters. The Morgan fingerprint density at radius 2 is 2.00 bits per heavy atom. The number of aromatic nitrogens is 3. The number of allylic oxidation sites excluding steroid dienone is 1. The van der Waals surface area contributed by atoms with Crippen LogP contribution in [0.3, 0.4) is 0 Å². The predicted molar refractivity (Wildman–Crippen MR) is 134 cm³/mol. The van der Waals surface area contributed by atoms with Crippen molar-refractivity contribution in [3.8, 4) is 0 Å². The molecule has 2 aromatic heterocycles. The number of pyridine rings is 1. The lowest BCUT2D eigenvalue weighted by molar-refractivity contribution is -0.0499. The van der Waals surface area contributed by atoms with Crippen molar-refractivity contribution in [2.24, 2.45) is 5.73 Å². The Morgan fingerprint density at radius 3 is 2.74 bits per heavy atom. The van der Waals surface area contributed by atoms with Crippen LogP contribution in [0.4, 0.5) is 17.3 Å². The summed E-state index contributed by atoms with van der Waals surface area (Å²) in [5.74, 6) is -0.135. The fraction of sp³-hybridized carbons (Fsp3) is 0.435. The number of hydrogen-bond donors (Lipinski definition) is 4. The highest BCUT2D eigenvalue weighted by atomic mass is 16.5. The first-order chi connectivity index (χ1) is 16.9. The Balaban J connectivity index is 1.47. The maximum Gasteiger partial charge on any atom is 0.279 e. The summed E-state index contributed by atoms with van der Waals surface area (Å²) < 4.78 is 5.37. The number of hydrazine groups is 1. The standard InChI is InChI=1S/C23H32N10O2/c1-31(33-11-13-35-14-12-33)8-6-17(25)18-15-28-21(26)20(29-18)23(34)30-22-19(3-2-7-27-22)32-9-4-16(24)5-10-32/h2-3,6-8,15-16,25H,4-5,9-14,24H2,1H3,(H2,26,28)(H,27,30,34)/b8-6-,25-17?. The van der Waals surface area contributed by atoms with Crippen LogP contribution in [0.5, 0.6) is 0 Å². The molecule has 0 atom stereocenters. The average Bonchev–Trinajstić information content (AvgIpc) is 2.88. The second-order valence-corrected chi connectivity index (χ2v) is 8.51.